The minimum Gasteiger partial charge on any atom is -0.305 e. The van der Waals surface area contributed by atoms with E-state index in [1.54, 1.807) is 0 Å². The molecular weight excluding hydrogens is 1210 g/mol. The van der Waals surface area contributed by atoms with Crippen LogP contribution in [0.25, 0.3) is 123 Å². The molecule has 3 heterocycles. The van der Waals surface area contributed by atoms with Crippen molar-refractivity contribution in [1.82, 2.24) is 15.0 Å². The van der Waals surface area contributed by atoms with Crippen LogP contribution in [0, 0.1) is 18.2 Å². The third kappa shape index (κ3) is 12.4. The van der Waals surface area contributed by atoms with E-state index >= 15 is 0 Å². The van der Waals surface area contributed by atoms with Crippen molar-refractivity contribution in [3.8, 4) is 123 Å². The van der Waals surface area contributed by atoms with Crippen LogP contribution in [0.5, 0.6) is 0 Å². The molecule has 3 nitrogen and oxygen atoms in total. The van der Waals surface area contributed by atoms with Crippen LogP contribution in [0.1, 0.15) is 79.0 Å². The molecule has 85 heavy (non-hydrogen) atoms. The summed E-state index contributed by atoms with van der Waals surface area (Å²) >= 11 is 0. The fourth-order valence-corrected chi connectivity index (χ4v) is 11.3. The Kier molecular flexibility index (Phi) is 16.3. The molecule has 0 fully saturated rings. The minimum atomic E-state index is -0.0305. The first kappa shape index (κ1) is 57.9. The summed E-state index contributed by atoms with van der Waals surface area (Å²) in [6.07, 6.45) is 5.76. The van der Waals surface area contributed by atoms with Gasteiger partial charge in [0.2, 0.25) is 0 Å². The molecule has 416 valence electrons. The predicted molar refractivity (Wildman–Crippen MR) is 352 cm³/mol. The van der Waals surface area contributed by atoms with Gasteiger partial charge in [0.1, 0.15) is 0 Å². The van der Waals surface area contributed by atoms with Gasteiger partial charge in [0.05, 0.1) is 0 Å². The fourth-order valence-electron chi connectivity index (χ4n) is 11.3. The van der Waals surface area contributed by atoms with Gasteiger partial charge in [-0.25, -0.2) is 0 Å². The maximum absolute atomic E-state index is 4.90. The van der Waals surface area contributed by atoms with Crippen LogP contribution in [0.15, 0.2) is 249 Å². The molecule has 0 aliphatic heterocycles. The standard InChI is InChI=1S/C81H68N3.Ir/c1-79(2,3)63-40-43-82-76(51-63)57-34-32-56(33-35-57)66-26-16-17-27-67(66)60-46-61(68-28-18-20-30-70(68)72-38-36-58(49-74(72)54-22-12-10-13-23-54)77-52-64(41-44-83-77)80(4,5)6)48-62(47-60)69-29-19-21-31-71(69)73-39-37-59(50-75(73)55-24-14-11-15-25-55)78-53-65(42-45-84-78)81(7,8)9;/h10-34,38-53H,1-9H3;/q-3;+3. The van der Waals surface area contributed by atoms with Crippen molar-refractivity contribution in [1.29, 1.82) is 0 Å². The normalized spacial score (nSPS) is 11.7. The topological polar surface area (TPSA) is 38.7 Å². The number of hydrogen-bond donors (Lipinski definition) is 0. The van der Waals surface area contributed by atoms with E-state index in [9.17, 15) is 0 Å². The average molecular weight is 1280 g/mol. The number of aromatic nitrogens is 3. The number of pyridine rings is 3. The molecule has 0 saturated heterocycles. The summed E-state index contributed by atoms with van der Waals surface area (Å²) in [6, 6.07) is 94.5. The van der Waals surface area contributed by atoms with E-state index in [2.05, 4.69) is 311 Å². The second-order valence-corrected chi connectivity index (χ2v) is 25.0. The zero-order valence-corrected chi connectivity index (χ0v) is 52.2. The Balaban J connectivity index is 0.00000752. The third-order valence-corrected chi connectivity index (χ3v) is 16.1. The molecule has 0 unspecified atom stereocenters. The van der Waals surface area contributed by atoms with Crippen LogP contribution in [0.4, 0.5) is 0 Å². The van der Waals surface area contributed by atoms with Crippen molar-refractivity contribution in [3.05, 3.63) is 284 Å². The van der Waals surface area contributed by atoms with Gasteiger partial charge >= 0.3 is 20.1 Å². The van der Waals surface area contributed by atoms with Crippen LogP contribution in [0.3, 0.4) is 0 Å². The van der Waals surface area contributed by atoms with E-state index in [0.29, 0.717) is 0 Å². The van der Waals surface area contributed by atoms with E-state index in [0.717, 1.165) is 123 Å². The van der Waals surface area contributed by atoms with Crippen molar-refractivity contribution in [3.63, 3.8) is 0 Å². The smallest absolute Gasteiger partial charge is 0.305 e. The summed E-state index contributed by atoms with van der Waals surface area (Å²) < 4.78 is 0. The van der Waals surface area contributed by atoms with Gasteiger partial charge in [-0.1, -0.05) is 258 Å². The van der Waals surface area contributed by atoms with Gasteiger partial charge < -0.3 is 15.0 Å². The maximum Gasteiger partial charge on any atom is 3.00 e. The Hall–Kier alpha value is -8.92. The van der Waals surface area contributed by atoms with Crippen molar-refractivity contribution in [2.24, 2.45) is 0 Å². The number of benzene rings is 9. The van der Waals surface area contributed by atoms with Crippen molar-refractivity contribution in [2.45, 2.75) is 78.6 Å². The first-order valence-corrected chi connectivity index (χ1v) is 29.1. The van der Waals surface area contributed by atoms with E-state index in [1.165, 1.54) is 16.7 Å². The fraction of sp³-hybridized carbons (Fsp3) is 0.148. The minimum absolute atomic E-state index is 0. The molecule has 0 atom stereocenters. The predicted octanol–water partition coefficient (Wildman–Crippen LogP) is 21.5. The molecule has 12 aromatic rings. The molecule has 0 radical (unpaired) electrons. The zero-order valence-electron chi connectivity index (χ0n) is 49.8. The largest absolute Gasteiger partial charge is 3.00 e. The maximum atomic E-state index is 4.90. The number of nitrogens with zero attached hydrogens (tertiary/aromatic N) is 3. The second kappa shape index (κ2) is 24.0. The summed E-state index contributed by atoms with van der Waals surface area (Å²) in [4.78, 5) is 14.6. The summed E-state index contributed by atoms with van der Waals surface area (Å²) in [5.41, 5.74) is 26.9. The van der Waals surface area contributed by atoms with Crippen LogP contribution >= 0.6 is 0 Å². The van der Waals surface area contributed by atoms with Gasteiger partial charge in [-0.2, -0.15) is 0 Å². The Labute approximate surface area is 517 Å². The molecule has 0 bridgehead atoms. The van der Waals surface area contributed by atoms with E-state index in [1.807, 2.05) is 18.6 Å². The van der Waals surface area contributed by atoms with Crippen molar-refractivity contribution in [2.75, 3.05) is 0 Å². The van der Waals surface area contributed by atoms with Gasteiger partial charge in [-0.05, 0) is 131 Å². The molecule has 0 saturated carbocycles. The Morgan fingerprint density at radius 3 is 0.918 bits per heavy atom. The summed E-state index contributed by atoms with van der Waals surface area (Å²) in [7, 11) is 0. The zero-order chi connectivity index (χ0) is 58.2. The SMILES string of the molecule is CC(C)(C)c1ccnc(-c2[c-]cc(-c3ccccc3-c3cc(-c4ccccc4-c4c[c-]c(-c5cc(C(C)(C)C)ccn5)cc4-c4ccccc4)cc(-c4ccccc4-c4c[c-]c(-c5cc(C(C)(C)C)ccn5)cc4-c4ccccc4)c3)cc2)c1.[Ir+3]. The summed E-state index contributed by atoms with van der Waals surface area (Å²) in [5.74, 6) is 0. The van der Waals surface area contributed by atoms with Gasteiger partial charge in [-0.15, -0.1) is 77.4 Å². The number of rotatable bonds is 11. The summed E-state index contributed by atoms with van der Waals surface area (Å²) in [6.45, 7) is 20.2. The van der Waals surface area contributed by atoms with Gasteiger partial charge in [0.25, 0.3) is 0 Å². The van der Waals surface area contributed by atoms with E-state index in [-0.39, 0.29) is 36.4 Å². The van der Waals surface area contributed by atoms with Crippen molar-refractivity contribution >= 4 is 0 Å². The second-order valence-electron chi connectivity index (χ2n) is 25.0. The first-order chi connectivity index (χ1) is 40.5. The average Bonchev–Trinajstić information content (AvgIpc) is 1.91. The molecule has 0 N–H and O–H groups in total. The Morgan fingerprint density at radius 2 is 0.565 bits per heavy atom. The number of hydrogen-bond acceptors (Lipinski definition) is 3. The first-order valence-electron chi connectivity index (χ1n) is 29.1. The molecule has 12 rings (SSSR count). The monoisotopic (exact) mass is 1280 g/mol. The van der Waals surface area contributed by atoms with Crippen LogP contribution in [-0.2, 0) is 36.4 Å². The van der Waals surface area contributed by atoms with E-state index in [4.69, 9.17) is 15.0 Å². The third-order valence-electron chi connectivity index (χ3n) is 16.1. The van der Waals surface area contributed by atoms with Gasteiger partial charge in [0.15, 0.2) is 0 Å². The van der Waals surface area contributed by atoms with Crippen LogP contribution in [-0.4, -0.2) is 15.0 Å². The molecule has 0 amide bonds. The molecule has 4 heteroatoms. The molecule has 9 aromatic carbocycles. The molecule has 0 spiro atoms. The molecule has 0 aliphatic rings. The van der Waals surface area contributed by atoms with Crippen molar-refractivity contribution < 1.29 is 20.1 Å². The molecule has 0 aliphatic carbocycles. The van der Waals surface area contributed by atoms with Crippen LogP contribution in [0.2, 0.25) is 0 Å². The van der Waals surface area contributed by atoms with Gasteiger partial charge in [0, 0.05) is 18.6 Å². The summed E-state index contributed by atoms with van der Waals surface area (Å²) in [5, 5.41) is 0. The van der Waals surface area contributed by atoms with E-state index < -0.39 is 0 Å². The Bertz CT molecular complexity index is 4140. The Morgan fingerprint density at radius 1 is 0.247 bits per heavy atom. The van der Waals surface area contributed by atoms with Crippen LogP contribution < -0.4 is 0 Å². The van der Waals surface area contributed by atoms with Gasteiger partial charge in [-0.3, -0.25) is 0 Å². The molecular formula is C81H68IrN3. The quantitative estimate of drug-likeness (QED) is 0.121. The molecule has 3 aromatic heterocycles.